The molecule has 1 aromatic heterocycles. The monoisotopic (exact) mass is 534 g/mol. The van der Waals surface area contributed by atoms with Crippen molar-refractivity contribution in [3.05, 3.63) is 50.4 Å². The van der Waals surface area contributed by atoms with Crippen LogP contribution in [0.3, 0.4) is 0 Å². The first-order valence-corrected chi connectivity index (χ1v) is 9.92. The molecule has 1 aliphatic carbocycles. The number of halogens is 2. The molecular weight excluding hydrogens is 511 g/mol. The second-order valence-electron chi connectivity index (χ2n) is 6.18. The zero-order valence-electron chi connectivity index (χ0n) is 14.5. The predicted molar refractivity (Wildman–Crippen MR) is 120 cm³/mol. The summed E-state index contributed by atoms with van der Waals surface area (Å²) in [6.07, 6.45) is 4.37. The van der Waals surface area contributed by atoms with Crippen molar-refractivity contribution < 1.29 is 0 Å². The van der Waals surface area contributed by atoms with Crippen LogP contribution >= 0.6 is 51.2 Å². The van der Waals surface area contributed by atoms with E-state index in [4.69, 9.17) is 4.99 Å². The van der Waals surface area contributed by atoms with Crippen LogP contribution in [0.4, 0.5) is 0 Å². The molecule has 0 amide bonds. The van der Waals surface area contributed by atoms with Crippen LogP contribution in [0.5, 0.6) is 0 Å². The standard InChI is InChI=1S/C18H23BrN4S.HI/c1-3-20-17(22-11-16-10-21-13(2)24-16)23-12-18(7-8-18)14-5-4-6-15(19)9-14;/h4-6,9-10H,3,7-8,11-12H2,1-2H3,(H2,20,22,23);1H. The van der Waals surface area contributed by atoms with E-state index >= 15 is 0 Å². The van der Waals surface area contributed by atoms with Crippen LogP contribution in [0.25, 0.3) is 0 Å². The number of thiazole rings is 1. The van der Waals surface area contributed by atoms with Crippen LogP contribution in [0.2, 0.25) is 0 Å². The second-order valence-corrected chi connectivity index (χ2v) is 8.42. The molecule has 3 rings (SSSR count). The fourth-order valence-electron chi connectivity index (χ4n) is 2.77. The average Bonchev–Trinajstić information content (AvgIpc) is 3.25. The van der Waals surface area contributed by atoms with Crippen molar-refractivity contribution in [3.63, 3.8) is 0 Å². The summed E-state index contributed by atoms with van der Waals surface area (Å²) in [6.45, 7) is 6.56. The van der Waals surface area contributed by atoms with E-state index in [0.29, 0.717) is 6.54 Å². The smallest absolute Gasteiger partial charge is 0.191 e. The molecule has 1 aromatic carbocycles. The van der Waals surface area contributed by atoms with Gasteiger partial charge in [-0.05, 0) is 44.4 Å². The van der Waals surface area contributed by atoms with Gasteiger partial charge >= 0.3 is 0 Å². The van der Waals surface area contributed by atoms with Gasteiger partial charge in [-0.25, -0.2) is 9.98 Å². The Balaban J connectivity index is 0.00000225. The summed E-state index contributed by atoms with van der Waals surface area (Å²) < 4.78 is 1.15. The lowest BCUT2D eigenvalue weighted by atomic mass is 9.96. The molecule has 1 fully saturated rings. The van der Waals surface area contributed by atoms with Gasteiger partial charge in [0.2, 0.25) is 0 Å². The van der Waals surface area contributed by atoms with Crippen molar-refractivity contribution in [1.82, 2.24) is 15.6 Å². The molecule has 136 valence electrons. The van der Waals surface area contributed by atoms with Gasteiger partial charge in [0.25, 0.3) is 0 Å². The Hall–Kier alpha value is -0.670. The maximum Gasteiger partial charge on any atom is 0.191 e. The van der Waals surface area contributed by atoms with E-state index in [9.17, 15) is 0 Å². The highest BCUT2D eigenvalue weighted by atomic mass is 127. The SMILES string of the molecule is CCNC(=NCc1cnc(C)s1)NCC1(c2cccc(Br)c2)CC1.I. The van der Waals surface area contributed by atoms with E-state index in [1.807, 2.05) is 13.1 Å². The lowest BCUT2D eigenvalue weighted by molar-refractivity contribution is 0.645. The number of nitrogens with one attached hydrogen (secondary N) is 2. The Morgan fingerprint density at radius 3 is 2.76 bits per heavy atom. The summed E-state index contributed by atoms with van der Waals surface area (Å²) in [5.41, 5.74) is 1.65. The van der Waals surface area contributed by atoms with Crippen molar-refractivity contribution in [2.24, 2.45) is 4.99 Å². The highest BCUT2D eigenvalue weighted by Crippen LogP contribution is 2.48. The molecule has 2 aromatic rings. The van der Waals surface area contributed by atoms with E-state index in [1.54, 1.807) is 11.3 Å². The molecule has 0 atom stereocenters. The van der Waals surface area contributed by atoms with Crippen LogP contribution in [0.15, 0.2) is 39.9 Å². The molecular formula is C18H24BrIN4S. The normalized spacial score (nSPS) is 15.4. The lowest BCUT2D eigenvalue weighted by Gasteiger charge is -2.19. The van der Waals surface area contributed by atoms with Gasteiger partial charge in [-0.2, -0.15) is 0 Å². The number of guanidine groups is 1. The summed E-state index contributed by atoms with van der Waals surface area (Å²) in [7, 11) is 0. The van der Waals surface area contributed by atoms with Gasteiger partial charge < -0.3 is 10.6 Å². The number of benzene rings is 1. The number of aryl methyl sites for hydroxylation is 1. The molecule has 25 heavy (non-hydrogen) atoms. The van der Waals surface area contributed by atoms with Crippen molar-refractivity contribution in [2.75, 3.05) is 13.1 Å². The Labute approximate surface area is 179 Å². The van der Waals surface area contributed by atoms with E-state index in [1.165, 1.54) is 23.3 Å². The first-order chi connectivity index (χ1) is 11.6. The minimum absolute atomic E-state index is 0. The molecule has 0 aliphatic heterocycles. The molecule has 0 bridgehead atoms. The zero-order chi connectivity index (χ0) is 17.0. The molecule has 2 N–H and O–H groups in total. The topological polar surface area (TPSA) is 49.3 Å². The minimum Gasteiger partial charge on any atom is -0.357 e. The Bertz CT molecular complexity index is 727. The third-order valence-corrected chi connectivity index (χ3v) is 5.68. The highest BCUT2D eigenvalue weighted by molar-refractivity contribution is 14.0. The molecule has 1 heterocycles. The van der Waals surface area contributed by atoms with Crippen LogP contribution < -0.4 is 10.6 Å². The van der Waals surface area contributed by atoms with Crippen LogP contribution in [-0.4, -0.2) is 24.0 Å². The molecule has 4 nitrogen and oxygen atoms in total. The van der Waals surface area contributed by atoms with Crippen molar-refractivity contribution >= 4 is 57.2 Å². The minimum atomic E-state index is 0. The number of aromatic nitrogens is 1. The van der Waals surface area contributed by atoms with Crippen molar-refractivity contribution in [2.45, 2.75) is 38.6 Å². The Kier molecular flexibility index (Phi) is 7.69. The maximum atomic E-state index is 4.69. The molecule has 0 unspecified atom stereocenters. The first-order valence-electron chi connectivity index (χ1n) is 8.31. The fraction of sp³-hybridized carbons (Fsp3) is 0.444. The van der Waals surface area contributed by atoms with Gasteiger partial charge in [-0.15, -0.1) is 35.3 Å². The van der Waals surface area contributed by atoms with E-state index < -0.39 is 0 Å². The van der Waals surface area contributed by atoms with Crippen molar-refractivity contribution in [1.29, 1.82) is 0 Å². The van der Waals surface area contributed by atoms with Gasteiger partial charge in [0.15, 0.2) is 5.96 Å². The summed E-state index contributed by atoms with van der Waals surface area (Å²) >= 11 is 5.28. The molecule has 0 radical (unpaired) electrons. The van der Waals surface area contributed by atoms with Crippen LogP contribution in [-0.2, 0) is 12.0 Å². The molecule has 0 spiro atoms. The first kappa shape index (κ1) is 20.6. The largest absolute Gasteiger partial charge is 0.357 e. The van der Waals surface area contributed by atoms with Gasteiger partial charge in [0, 0.05) is 34.1 Å². The Morgan fingerprint density at radius 2 is 2.16 bits per heavy atom. The summed E-state index contributed by atoms with van der Waals surface area (Å²) in [5, 5.41) is 7.95. The molecule has 1 saturated carbocycles. The second kappa shape index (κ2) is 9.32. The number of hydrogen-bond acceptors (Lipinski definition) is 3. The van der Waals surface area contributed by atoms with E-state index in [2.05, 4.69) is 62.7 Å². The van der Waals surface area contributed by atoms with Gasteiger partial charge in [0.05, 0.1) is 11.6 Å². The van der Waals surface area contributed by atoms with Crippen LogP contribution in [0.1, 0.15) is 35.2 Å². The fourth-order valence-corrected chi connectivity index (χ4v) is 3.89. The molecule has 7 heteroatoms. The predicted octanol–water partition coefficient (Wildman–Crippen LogP) is 4.62. The molecule has 0 saturated heterocycles. The number of hydrogen-bond donors (Lipinski definition) is 2. The quantitative estimate of drug-likeness (QED) is 0.323. The third kappa shape index (κ3) is 5.65. The Morgan fingerprint density at radius 1 is 1.36 bits per heavy atom. The average molecular weight is 535 g/mol. The maximum absolute atomic E-state index is 4.69. The van der Waals surface area contributed by atoms with Crippen LogP contribution in [0, 0.1) is 6.92 Å². The van der Waals surface area contributed by atoms with E-state index in [-0.39, 0.29) is 29.4 Å². The zero-order valence-corrected chi connectivity index (χ0v) is 19.2. The number of aliphatic imine (C=N–C) groups is 1. The lowest BCUT2D eigenvalue weighted by Crippen LogP contribution is -2.41. The number of nitrogens with zero attached hydrogens (tertiary/aromatic N) is 2. The third-order valence-electron chi connectivity index (χ3n) is 4.29. The summed E-state index contributed by atoms with van der Waals surface area (Å²) in [6, 6.07) is 8.66. The molecule has 1 aliphatic rings. The van der Waals surface area contributed by atoms with Gasteiger partial charge in [-0.3, -0.25) is 0 Å². The number of rotatable bonds is 6. The highest BCUT2D eigenvalue weighted by Gasteiger charge is 2.44. The van der Waals surface area contributed by atoms with Crippen molar-refractivity contribution in [3.8, 4) is 0 Å². The summed E-state index contributed by atoms with van der Waals surface area (Å²) in [5.74, 6) is 0.879. The van der Waals surface area contributed by atoms with Gasteiger partial charge in [-0.1, -0.05) is 28.1 Å². The summed E-state index contributed by atoms with van der Waals surface area (Å²) in [4.78, 5) is 10.2. The van der Waals surface area contributed by atoms with Gasteiger partial charge in [0.1, 0.15) is 0 Å². The van der Waals surface area contributed by atoms with E-state index in [0.717, 1.165) is 28.5 Å².